The quantitative estimate of drug-likeness (QED) is 0.553. The predicted molar refractivity (Wildman–Crippen MR) is 125 cm³/mol. The van der Waals surface area contributed by atoms with Gasteiger partial charge in [0.25, 0.3) is 0 Å². The minimum absolute atomic E-state index is 0.0989. The van der Waals surface area contributed by atoms with Gasteiger partial charge in [0.1, 0.15) is 5.75 Å². The van der Waals surface area contributed by atoms with Crippen LogP contribution in [0, 0.1) is 6.92 Å². The van der Waals surface area contributed by atoms with Crippen molar-refractivity contribution in [3.05, 3.63) is 77.6 Å². The number of piperazine rings is 1. The number of aromatic nitrogens is 2. The molecule has 1 aliphatic heterocycles. The summed E-state index contributed by atoms with van der Waals surface area (Å²) in [5.41, 5.74) is 4.06. The monoisotopic (exact) mass is 447 g/mol. The molecule has 8 nitrogen and oxygen atoms in total. The molecule has 2 heterocycles. The molecule has 1 saturated heterocycles. The Morgan fingerprint density at radius 3 is 2.88 bits per heavy atom. The second-order valence-electron chi connectivity index (χ2n) is 8.19. The van der Waals surface area contributed by atoms with Crippen molar-refractivity contribution < 1.29 is 14.3 Å². The number of methoxy groups -OCH3 is 1. The van der Waals surface area contributed by atoms with Gasteiger partial charge >= 0.3 is 0 Å². The van der Waals surface area contributed by atoms with Gasteiger partial charge in [0, 0.05) is 37.9 Å². The Labute approximate surface area is 193 Å². The van der Waals surface area contributed by atoms with E-state index in [0.29, 0.717) is 26.2 Å². The molecule has 3 aromatic rings. The Bertz CT molecular complexity index is 1130. The summed E-state index contributed by atoms with van der Waals surface area (Å²) in [7, 11) is 1.63. The standard InChI is InChI=1S/C25H29N5O3/c1-18-6-3-4-9-22(18)30-17-20(15-28-30)14-27-24(31)13-23-25(32)26-10-11-29(23)16-19-7-5-8-21(12-19)33-2/h3-9,12,15,17,23H,10-11,13-14,16H2,1-2H3,(H,26,32)(H,27,31). The number of hydrogen-bond acceptors (Lipinski definition) is 5. The van der Waals surface area contributed by atoms with Crippen molar-refractivity contribution in [3.63, 3.8) is 0 Å². The van der Waals surface area contributed by atoms with Crippen molar-refractivity contribution in [2.75, 3.05) is 20.2 Å². The van der Waals surface area contributed by atoms with Crippen molar-refractivity contribution in [2.45, 2.75) is 32.5 Å². The van der Waals surface area contributed by atoms with Gasteiger partial charge < -0.3 is 15.4 Å². The average molecular weight is 448 g/mol. The van der Waals surface area contributed by atoms with Crippen LogP contribution in [0.15, 0.2) is 60.9 Å². The fraction of sp³-hybridized carbons (Fsp3) is 0.320. The number of nitrogens with one attached hydrogen (secondary N) is 2. The number of amides is 2. The number of benzene rings is 2. The van der Waals surface area contributed by atoms with Crippen molar-refractivity contribution in [3.8, 4) is 11.4 Å². The lowest BCUT2D eigenvalue weighted by molar-refractivity contribution is -0.134. The molecule has 172 valence electrons. The number of carbonyl (C=O) groups is 2. The van der Waals surface area contributed by atoms with Gasteiger partial charge in [-0.15, -0.1) is 0 Å². The van der Waals surface area contributed by atoms with Crippen LogP contribution in [0.3, 0.4) is 0 Å². The smallest absolute Gasteiger partial charge is 0.237 e. The van der Waals surface area contributed by atoms with Crippen LogP contribution in [0.25, 0.3) is 5.69 Å². The number of aryl methyl sites for hydroxylation is 1. The third-order valence-corrected chi connectivity index (χ3v) is 5.83. The highest BCUT2D eigenvalue weighted by atomic mass is 16.5. The maximum atomic E-state index is 12.7. The molecule has 2 aromatic carbocycles. The summed E-state index contributed by atoms with van der Waals surface area (Å²) in [4.78, 5) is 27.3. The van der Waals surface area contributed by atoms with Crippen molar-refractivity contribution in [2.24, 2.45) is 0 Å². The van der Waals surface area contributed by atoms with Crippen LogP contribution in [-0.2, 0) is 22.7 Å². The fourth-order valence-corrected chi connectivity index (χ4v) is 4.03. The number of para-hydroxylation sites is 1. The van der Waals surface area contributed by atoms with E-state index < -0.39 is 6.04 Å². The first kappa shape index (κ1) is 22.5. The van der Waals surface area contributed by atoms with E-state index in [2.05, 4.69) is 15.7 Å². The molecule has 1 atom stereocenters. The minimum Gasteiger partial charge on any atom is -0.497 e. The number of nitrogens with zero attached hydrogens (tertiary/aromatic N) is 3. The fourth-order valence-electron chi connectivity index (χ4n) is 4.03. The molecule has 2 N–H and O–H groups in total. The molecule has 0 radical (unpaired) electrons. The van der Waals surface area contributed by atoms with Crippen molar-refractivity contribution in [1.29, 1.82) is 0 Å². The third kappa shape index (κ3) is 5.59. The molecule has 1 aliphatic rings. The topological polar surface area (TPSA) is 88.5 Å². The molecule has 0 saturated carbocycles. The Morgan fingerprint density at radius 2 is 2.06 bits per heavy atom. The molecule has 1 unspecified atom stereocenters. The van der Waals surface area contributed by atoms with Gasteiger partial charge in [0.15, 0.2) is 0 Å². The normalized spacial score (nSPS) is 16.3. The Hall–Kier alpha value is -3.65. The van der Waals surface area contributed by atoms with Crippen molar-refractivity contribution >= 4 is 11.8 Å². The third-order valence-electron chi connectivity index (χ3n) is 5.83. The van der Waals surface area contributed by atoms with Gasteiger partial charge in [-0.1, -0.05) is 30.3 Å². The molecule has 0 spiro atoms. The van der Waals surface area contributed by atoms with Crippen LogP contribution < -0.4 is 15.4 Å². The Morgan fingerprint density at radius 1 is 1.21 bits per heavy atom. The van der Waals surface area contributed by atoms with E-state index in [1.807, 2.05) is 66.6 Å². The van der Waals surface area contributed by atoms with Crippen LogP contribution in [0.5, 0.6) is 5.75 Å². The molecule has 8 heteroatoms. The van der Waals surface area contributed by atoms with E-state index in [0.717, 1.165) is 28.1 Å². The number of carbonyl (C=O) groups excluding carboxylic acids is 2. The van der Waals surface area contributed by atoms with E-state index in [1.165, 1.54) is 0 Å². The molecule has 4 rings (SSSR count). The second-order valence-corrected chi connectivity index (χ2v) is 8.19. The Balaban J connectivity index is 1.36. The summed E-state index contributed by atoms with van der Waals surface area (Å²) < 4.78 is 7.11. The number of ether oxygens (including phenoxy) is 1. The highest BCUT2D eigenvalue weighted by Gasteiger charge is 2.31. The predicted octanol–water partition coefficient (Wildman–Crippen LogP) is 2.20. The van der Waals surface area contributed by atoms with Gasteiger partial charge in [-0.05, 0) is 36.2 Å². The second kappa shape index (κ2) is 10.3. The van der Waals surface area contributed by atoms with Crippen LogP contribution in [0.4, 0.5) is 0 Å². The van der Waals surface area contributed by atoms with Crippen LogP contribution >= 0.6 is 0 Å². The SMILES string of the molecule is COc1cccc(CN2CCNC(=O)C2CC(=O)NCc2cnn(-c3ccccc3C)c2)c1. The molecular formula is C25H29N5O3. The van der Waals surface area contributed by atoms with E-state index in [9.17, 15) is 9.59 Å². The maximum Gasteiger partial charge on any atom is 0.237 e. The Kier molecular flexibility index (Phi) is 7.04. The van der Waals surface area contributed by atoms with Gasteiger partial charge in [-0.3, -0.25) is 14.5 Å². The highest BCUT2D eigenvalue weighted by Crippen LogP contribution is 2.18. The van der Waals surface area contributed by atoms with E-state index in [4.69, 9.17) is 4.74 Å². The lowest BCUT2D eigenvalue weighted by Crippen LogP contribution is -2.56. The van der Waals surface area contributed by atoms with Crippen LogP contribution in [-0.4, -0.2) is 52.7 Å². The molecule has 0 bridgehead atoms. The summed E-state index contributed by atoms with van der Waals surface area (Å²) in [6.45, 7) is 4.22. The first-order chi connectivity index (χ1) is 16.0. The van der Waals surface area contributed by atoms with Gasteiger partial charge in [0.05, 0.1) is 31.5 Å². The maximum absolute atomic E-state index is 12.7. The first-order valence-electron chi connectivity index (χ1n) is 11.0. The van der Waals surface area contributed by atoms with Gasteiger partial charge in [-0.2, -0.15) is 5.10 Å². The van der Waals surface area contributed by atoms with E-state index in [1.54, 1.807) is 18.0 Å². The summed E-state index contributed by atoms with van der Waals surface area (Å²) in [5.74, 6) is 0.484. The summed E-state index contributed by atoms with van der Waals surface area (Å²) >= 11 is 0. The van der Waals surface area contributed by atoms with Gasteiger partial charge in [-0.25, -0.2) is 4.68 Å². The molecule has 0 aliphatic carbocycles. The highest BCUT2D eigenvalue weighted by molar-refractivity contribution is 5.88. The largest absolute Gasteiger partial charge is 0.497 e. The lowest BCUT2D eigenvalue weighted by atomic mass is 10.1. The summed E-state index contributed by atoms with van der Waals surface area (Å²) in [6.07, 6.45) is 3.75. The molecule has 1 fully saturated rings. The summed E-state index contributed by atoms with van der Waals surface area (Å²) in [6, 6.07) is 15.2. The minimum atomic E-state index is -0.514. The number of rotatable bonds is 8. The lowest BCUT2D eigenvalue weighted by Gasteiger charge is -2.34. The zero-order chi connectivity index (χ0) is 23.2. The van der Waals surface area contributed by atoms with Gasteiger partial charge in [0.2, 0.25) is 11.8 Å². The number of hydrogen-bond donors (Lipinski definition) is 2. The average Bonchev–Trinajstić information content (AvgIpc) is 3.29. The van der Waals surface area contributed by atoms with Crippen LogP contribution in [0.2, 0.25) is 0 Å². The molecule has 1 aromatic heterocycles. The first-order valence-corrected chi connectivity index (χ1v) is 11.0. The van der Waals surface area contributed by atoms with E-state index in [-0.39, 0.29) is 18.2 Å². The molecule has 2 amide bonds. The van der Waals surface area contributed by atoms with Crippen LogP contribution in [0.1, 0.15) is 23.1 Å². The zero-order valence-electron chi connectivity index (χ0n) is 19.0. The zero-order valence-corrected chi connectivity index (χ0v) is 19.0. The summed E-state index contributed by atoms with van der Waals surface area (Å²) in [5, 5.41) is 10.2. The molecule has 33 heavy (non-hydrogen) atoms. The molecular weight excluding hydrogens is 418 g/mol. The van der Waals surface area contributed by atoms with E-state index >= 15 is 0 Å². The van der Waals surface area contributed by atoms with Crippen molar-refractivity contribution in [1.82, 2.24) is 25.3 Å².